The average molecular weight is 235 g/mol. The molecule has 1 aliphatic rings. The van der Waals surface area contributed by atoms with E-state index in [9.17, 15) is 0 Å². The van der Waals surface area contributed by atoms with Crippen LogP contribution in [0.3, 0.4) is 0 Å². The zero-order valence-electron chi connectivity index (χ0n) is 9.99. The third kappa shape index (κ3) is 3.53. The van der Waals surface area contributed by atoms with Crippen LogP contribution in [0.1, 0.15) is 25.3 Å². The number of thioether (sulfide) groups is 1. The molecule has 1 fully saturated rings. The van der Waals surface area contributed by atoms with Crippen LogP contribution in [0.15, 0.2) is 30.3 Å². The van der Waals surface area contributed by atoms with Crippen LogP contribution >= 0.6 is 11.8 Å². The topological polar surface area (TPSA) is 12.0 Å². The van der Waals surface area contributed by atoms with Gasteiger partial charge in [0.2, 0.25) is 0 Å². The third-order valence-electron chi connectivity index (χ3n) is 3.27. The molecule has 2 heteroatoms. The zero-order chi connectivity index (χ0) is 11.2. The van der Waals surface area contributed by atoms with Crippen molar-refractivity contribution in [2.45, 2.75) is 37.5 Å². The van der Waals surface area contributed by atoms with Crippen molar-refractivity contribution in [3.05, 3.63) is 35.9 Å². The first-order valence-electron chi connectivity index (χ1n) is 6.25. The monoisotopic (exact) mass is 235 g/mol. The summed E-state index contributed by atoms with van der Waals surface area (Å²) in [5, 5.41) is 4.48. The maximum Gasteiger partial charge on any atom is 0.0184 e. The molecular formula is C14H21NS. The van der Waals surface area contributed by atoms with Crippen LogP contribution in [-0.4, -0.2) is 23.6 Å². The van der Waals surface area contributed by atoms with Gasteiger partial charge in [0.15, 0.2) is 0 Å². The molecule has 88 valence electrons. The Labute approximate surface area is 103 Å². The van der Waals surface area contributed by atoms with Crippen molar-refractivity contribution >= 4 is 11.8 Å². The van der Waals surface area contributed by atoms with Crippen LogP contribution in [-0.2, 0) is 6.42 Å². The van der Waals surface area contributed by atoms with Crippen molar-refractivity contribution in [1.29, 1.82) is 0 Å². The van der Waals surface area contributed by atoms with Crippen molar-refractivity contribution in [1.82, 2.24) is 5.32 Å². The Morgan fingerprint density at radius 1 is 1.31 bits per heavy atom. The molecule has 1 saturated heterocycles. The molecule has 1 nitrogen and oxygen atoms in total. The second-order valence-corrected chi connectivity index (χ2v) is 6.00. The van der Waals surface area contributed by atoms with Crippen molar-refractivity contribution in [2.24, 2.45) is 0 Å². The summed E-state index contributed by atoms with van der Waals surface area (Å²) in [6.07, 6.45) is 3.87. The van der Waals surface area contributed by atoms with Gasteiger partial charge in [-0.2, -0.15) is 11.8 Å². The normalized spacial score (nSPS) is 25.6. The van der Waals surface area contributed by atoms with Crippen LogP contribution in [0.5, 0.6) is 0 Å². The fourth-order valence-electron chi connectivity index (χ4n) is 2.24. The Morgan fingerprint density at radius 2 is 2.12 bits per heavy atom. The van der Waals surface area contributed by atoms with E-state index in [-0.39, 0.29) is 0 Å². The minimum absolute atomic E-state index is 0.725. The van der Waals surface area contributed by atoms with Gasteiger partial charge in [-0.1, -0.05) is 37.3 Å². The van der Waals surface area contributed by atoms with E-state index in [1.165, 1.54) is 24.2 Å². The Bertz CT molecular complexity index is 299. The van der Waals surface area contributed by atoms with E-state index >= 15 is 0 Å². The number of rotatable bonds is 4. The van der Waals surface area contributed by atoms with E-state index in [2.05, 4.69) is 54.3 Å². The summed E-state index contributed by atoms with van der Waals surface area (Å²) in [5.41, 5.74) is 1.44. The summed E-state index contributed by atoms with van der Waals surface area (Å²) in [6, 6.07) is 11.5. The van der Waals surface area contributed by atoms with Gasteiger partial charge < -0.3 is 5.32 Å². The lowest BCUT2D eigenvalue weighted by molar-refractivity contribution is 0.466. The fraction of sp³-hybridized carbons (Fsp3) is 0.571. The summed E-state index contributed by atoms with van der Waals surface area (Å²) in [4.78, 5) is 0. The summed E-state index contributed by atoms with van der Waals surface area (Å²) in [6.45, 7) is 3.46. The number of hydrogen-bond acceptors (Lipinski definition) is 2. The third-order valence-corrected chi connectivity index (χ3v) is 4.65. The largest absolute Gasteiger partial charge is 0.313 e. The first-order valence-corrected chi connectivity index (χ1v) is 7.30. The lowest BCUT2D eigenvalue weighted by Gasteiger charge is -2.29. The SMILES string of the molecule is CC1SCCCC1NCCc1ccccc1. The van der Waals surface area contributed by atoms with E-state index in [1.807, 2.05) is 0 Å². The van der Waals surface area contributed by atoms with Gasteiger partial charge >= 0.3 is 0 Å². The highest BCUT2D eigenvalue weighted by Gasteiger charge is 2.20. The molecule has 16 heavy (non-hydrogen) atoms. The molecule has 0 saturated carbocycles. The summed E-state index contributed by atoms with van der Waals surface area (Å²) in [5.74, 6) is 1.35. The molecule has 0 spiro atoms. The van der Waals surface area contributed by atoms with Crippen LogP contribution in [0.25, 0.3) is 0 Å². The second kappa shape index (κ2) is 6.31. The highest BCUT2D eigenvalue weighted by molar-refractivity contribution is 7.99. The van der Waals surface area contributed by atoms with Gasteiger partial charge in [0.25, 0.3) is 0 Å². The quantitative estimate of drug-likeness (QED) is 0.860. The van der Waals surface area contributed by atoms with E-state index in [4.69, 9.17) is 0 Å². The number of nitrogens with one attached hydrogen (secondary N) is 1. The van der Waals surface area contributed by atoms with Crippen molar-refractivity contribution < 1.29 is 0 Å². The first-order chi connectivity index (χ1) is 7.86. The Hall–Kier alpha value is -0.470. The van der Waals surface area contributed by atoms with Crippen LogP contribution in [0.4, 0.5) is 0 Å². The predicted octanol–water partition coefficient (Wildman–Crippen LogP) is 3.10. The lowest BCUT2D eigenvalue weighted by Crippen LogP contribution is -2.40. The molecule has 1 heterocycles. The van der Waals surface area contributed by atoms with Gasteiger partial charge in [0.05, 0.1) is 0 Å². The molecule has 2 atom stereocenters. The van der Waals surface area contributed by atoms with Crippen LogP contribution in [0, 0.1) is 0 Å². The minimum Gasteiger partial charge on any atom is -0.313 e. The van der Waals surface area contributed by atoms with Crippen molar-refractivity contribution in [2.75, 3.05) is 12.3 Å². The van der Waals surface area contributed by atoms with E-state index in [1.54, 1.807) is 0 Å². The Kier molecular flexibility index (Phi) is 4.73. The number of hydrogen-bond donors (Lipinski definition) is 1. The molecule has 2 rings (SSSR count). The summed E-state index contributed by atoms with van der Waals surface area (Å²) >= 11 is 2.11. The van der Waals surface area contributed by atoms with Gasteiger partial charge in [-0.25, -0.2) is 0 Å². The molecular weight excluding hydrogens is 214 g/mol. The number of benzene rings is 1. The smallest absolute Gasteiger partial charge is 0.0184 e. The minimum atomic E-state index is 0.725. The van der Waals surface area contributed by atoms with Crippen LogP contribution < -0.4 is 5.32 Å². The molecule has 0 aromatic heterocycles. The molecule has 0 bridgehead atoms. The van der Waals surface area contributed by atoms with Gasteiger partial charge in [0.1, 0.15) is 0 Å². The van der Waals surface area contributed by atoms with Crippen molar-refractivity contribution in [3.63, 3.8) is 0 Å². The Balaban J connectivity index is 1.71. The van der Waals surface area contributed by atoms with Gasteiger partial charge in [-0.3, -0.25) is 0 Å². The maximum absolute atomic E-state index is 3.70. The van der Waals surface area contributed by atoms with E-state index in [0.717, 1.165) is 24.3 Å². The molecule has 2 unspecified atom stereocenters. The standard InChI is InChI=1S/C14H21NS/c1-12-14(8-5-11-16-12)15-10-9-13-6-3-2-4-7-13/h2-4,6-7,12,14-15H,5,8-11H2,1H3. The summed E-state index contributed by atoms with van der Waals surface area (Å²) in [7, 11) is 0. The first kappa shape index (κ1) is 12.0. The molecule has 1 aromatic rings. The molecule has 0 amide bonds. The van der Waals surface area contributed by atoms with Gasteiger partial charge in [-0.15, -0.1) is 0 Å². The zero-order valence-corrected chi connectivity index (χ0v) is 10.8. The lowest BCUT2D eigenvalue weighted by atomic mass is 10.1. The molecule has 0 radical (unpaired) electrons. The molecule has 1 aromatic carbocycles. The predicted molar refractivity (Wildman–Crippen MR) is 73.1 cm³/mol. The second-order valence-electron chi connectivity index (χ2n) is 4.51. The highest BCUT2D eigenvalue weighted by Crippen LogP contribution is 2.24. The van der Waals surface area contributed by atoms with Crippen molar-refractivity contribution in [3.8, 4) is 0 Å². The van der Waals surface area contributed by atoms with E-state index in [0.29, 0.717) is 0 Å². The fourth-order valence-corrected chi connectivity index (χ4v) is 3.41. The van der Waals surface area contributed by atoms with E-state index < -0.39 is 0 Å². The Morgan fingerprint density at radius 3 is 2.88 bits per heavy atom. The highest BCUT2D eigenvalue weighted by atomic mass is 32.2. The molecule has 0 aliphatic carbocycles. The van der Waals surface area contributed by atoms with Gasteiger partial charge in [0, 0.05) is 11.3 Å². The van der Waals surface area contributed by atoms with Crippen LogP contribution in [0.2, 0.25) is 0 Å². The summed E-state index contributed by atoms with van der Waals surface area (Å²) < 4.78 is 0. The van der Waals surface area contributed by atoms with Gasteiger partial charge in [-0.05, 0) is 37.1 Å². The maximum atomic E-state index is 3.70. The average Bonchev–Trinajstić information content (AvgIpc) is 2.33. The molecule has 1 aliphatic heterocycles. The molecule has 1 N–H and O–H groups in total.